The Morgan fingerprint density at radius 2 is 2.14 bits per heavy atom. The number of benzene rings is 1. The number of hydrogen-bond donors (Lipinski definition) is 1. The first-order valence-corrected chi connectivity index (χ1v) is 8.36. The van der Waals surface area contributed by atoms with Crippen LogP contribution < -0.4 is 5.48 Å². The van der Waals surface area contributed by atoms with Crippen LogP contribution in [-0.2, 0) is 14.9 Å². The van der Waals surface area contributed by atoms with Gasteiger partial charge in [-0.3, -0.25) is 9.63 Å². The van der Waals surface area contributed by atoms with E-state index < -0.39 is 15.9 Å². The SMILES string of the molecule is CONC(=O)c1cccc(S(=O)(=O)N2CCCCC2C)c1. The summed E-state index contributed by atoms with van der Waals surface area (Å²) >= 11 is 0. The third kappa shape index (κ3) is 3.42. The van der Waals surface area contributed by atoms with Gasteiger partial charge in [0.15, 0.2) is 0 Å². The molecule has 0 radical (unpaired) electrons. The van der Waals surface area contributed by atoms with E-state index in [9.17, 15) is 13.2 Å². The average molecular weight is 312 g/mol. The molecule has 0 aliphatic carbocycles. The maximum atomic E-state index is 12.7. The van der Waals surface area contributed by atoms with E-state index >= 15 is 0 Å². The molecule has 1 aliphatic heterocycles. The van der Waals surface area contributed by atoms with E-state index in [1.165, 1.54) is 23.5 Å². The lowest BCUT2D eigenvalue weighted by molar-refractivity contribution is 0.0537. The molecule has 116 valence electrons. The Morgan fingerprint density at radius 1 is 1.38 bits per heavy atom. The van der Waals surface area contributed by atoms with Gasteiger partial charge in [0, 0.05) is 18.2 Å². The molecule has 1 amide bonds. The number of carbonyl (C=O) groups excluding carboxylic acids is 1. The molecule has 1 saturated heterocycles. The first-order valence-electron chi connectivity index (χ1n) is 6.92. The van der Waals surface area contributed by atoms with Crippen LogP contribution >= 0.6 is 0 Å². The lowest BCUT2D eigenvalue weighted by Crippen LogP contribution is -2.42. The topological polar surface area (TPSA) is 75.7 Å². The van der Waals surface area contributed by atoms with Crippen molar-refractivity contribution in [2.45, 2.75) is 37.1 Å². The van der Waals surface area contributed by atoms with Gasteiger partial charge in [-0.25, -0.2) is 13.9 Å². The lowest BCUT2D eigenvalue weighted by atomic mass is 10.1. The molecule has 1 heterocycles. The van der Waals surface area contributed by atoms with Gasteiger partial charge in [0.2, 0.25) is 10.0 Å². The summed E-state index contributed by atoms with van der Waals surface area (Å²) in [6.07, 6.45) is 2.78. The Bertz CT molecular complexity index is 615. The van der Waals surface area contributed by atoms with Crippen LogP contribution in [0.4, 0.5) is 0 Å². The van der Waals surface area contributed by atoms with Gasteiger partial charge in [-0.05, 0) is 38.0 Å². The molecule has 1 fully saturated rings. The Hall–Kier alpha value is -1.44. The van der Waals surface area contributed by atoms with Gasteiger partial charge < -0.3 is 0 Å². The molecule has 1 aliphatic rings. The van der Waals surface area contributed by atoms with Gasteiger partial charge >= 0.3 is 0 Å². The van der Waals surface area contributed by atoms with Crippen LogP contribution in [0.2, 0.25) is 0 Å². The molecule has 1 unspecified atom stereocenters. The fraction of sp³-hybridized carbons (Fsp3) is 0.500. The van der Waals surface area contributed by atoms with Crippen LogP contribution in [0.1, 0.15) is 36.5 Å². The Balaban J connectivity index is 2.32. The van der Waals surface area contributed by atoms with Crippen molar-refractivity contribution in [3.05, 3.63) is 29.8 Å². The van der Waals surface area contributed by atoms with Crippen molar-refractivity contribution in [1.82, 2.24) is 9.79 Å². The molecule has 0 spiro atoms. The van der Waals surface area contributed by atoms with Gasteiger partial charge in [-0.2, -0.15) is 4.31 Å². The molecular formula is C14H20N2O4S. The van der Waals surface area contributed by atoms with Crippen molar-refractivity contribution >= 4 is 15.9 Å². The van der Waals surface area contributed by atoms with E-state index in [4.69, 9.17) is 0 Å². The predicted molar refractivity (Wildman–Crippen MR) is 78.1 cm³/mol. The fourth-order valence-electron chi connectivity index (χ4n) is 2.51. The summed E-state index contributed by atoms with van der Waals surface area (Å²) in [5, 5.41) is 0. The summed E-state index contributed by atoms with van der Waals surface area (Å²) < 4.78 is 26.9. The van der Waals surface area contributed by atoms with Crippen LogP contribution in [-0.4, -0.2) is 38.3 Å². The van der Waals surface area contributed by atoms with Crippen molar-refractivity contribution in [2.75, 3.05) is 13.7 Å². The third-order valence-electron chi connectivity index (χ3n) is 3.64. The number of hydroxylamine groups is 1. The van der Waals surface area contributed by atoms with Gasteiger partial charge in [-0.1, -0.05) is 12.5 Å². The van der Waals surface area contributed by atoms with Gasteiger partial charge in [0.05, 0.1) is 12.0 Å². The Morgan fingerprint density at radius 3 is 2.81 bits per heavy atom. The van der Waals surface area contributed by atoms with Gasteiger partial charge in [0.25, 0.3) is 5.91 Å². The highest BCUT2D eigenvalue weighted by atomic mass is 32.2. The number of nitrogens with zero attached hydrogens (tertiary/aromatic N) is 1. The number of hydrogen-bond acceptors (Lipinski definition) is 4. The molecule has 0 saturated carbocycles. The van der Waals surface area contributed by atoms with E-state index in [2.05, 4.69) is 10.3 Å². The highest BCUT2D eigenvalue weighted by Crippen LogP contribution is 2.25. The summed E-state index contributed by atoms with van der Waals surface area (Å²) in [4.78, 5) is 16.4. The van der Waals surface area contributed by atoms with Crippen LogP contribution in [0.5, 0.6) is 0 Å². The van der Waals surface area contributed by atoms with E-state index in [-0.39, 0.29) is 16.5 Å². The maximum absolute atomic E-state index is 12.7. The Labute approximate surface area is 125 Å². The van der Waals surface area contributed by atoms with Gasteiger partial charge in [0.1, 0.15) is 0 Å². The second-order valence-electron chi connectivity index (χ2n) is 5.12. The number of nitrogens with one attached hydrogen (secondary N) is 1. The summed E-state index contributed by atoms with van der Waals surface area (Å²) in [6, 6.07) is 5.99. The van der Waals surface area contributed by atoms with E-state index in [1.54, 1.807) is 12.1 Å². The minimum atomic E-state index is -3.57. The van der Waals surface area contributed by atoms with Crippen LogP contribution in [0.15, 0.2) is 29.2 Å². The van der Waals surface area contributed by atoms with E-state index in [1.807, 2.05) is 6.92 Å². The lowest BCUT2D eigenvalue weighted by Gasteiger charge is -2.32. The first-order chi connectivity index (χ1) is 9.96. The largest absolute Gasteiger partial charge is 0.277 e. The molecule has 21 heavy (non-hydrogen) atoms. The first kappa shape index (κ1) is 15.9. The average Bonchev–Trinajstić information content (AvgIpc) is 2.48. The standard InChI is InChI=1S/C14H20N2O4S/c1-11-6-3-4-9-16(11)21(18,19)13-8-5-7-12(10-13)14(17)15-20-2/h5,7-8,10-11H,3-4,6,9H2,1-2H3,(H,15,17). The number of rotatable bonds is 4. The van der Waals surface area contributed by atoms with Crippen LogP contribution in [0, 0.1) is 0 Å². The van der Waals surface area contributed by atoms with E-state index in [0.717, 1.165) is 19.3 Å². The van der Waals surface area contributed by atoms with Crippen molar-refractivity contribution in [3.8, 4) is 0 Å². The molecule has 0 bridgehead atoms. The normalized spacial score (nSPS) is 20.2. The summed E-state index contributed by atoms with van der Waals surface area (Å²) in [7, 11) is -2.24. The molecule has 1 atom stereocenters. The zero-order valence-electron chi connectivity index (χ0n) is 12.2. The molecule has 1 aromatic rings. The zero-order chi connectivity index (χ0) is 15.5. The van der Waals surface area contributed by atoms with E-state index in [0.29, 0.717) is 6.54 Å². The minimum absolute atomic E-state index is 0.0137. The van der Waals surface area contributed by atoms with Crippen molar-refractivity contribution in [2.24, 2.45) is 0 Å². The smallest absolute Gasteiger partial charge is 0.274 e. The molecule has 0 aromatic heterocycles. The molecule has 6 nitrogen and oxygen atoms in total. The predicted octanol–water partition coefficient (Wildman–Crippen LogP) is 1.54. The molecule has 1 N–H and O–H groups in total. The number of piperidine rings is 1. The van der Waals surface area contributed by atoms with Crippen LogP contribution in [0.25, 0.3) is 0 Å². The minimum Gasteiger partial charge on any atom is -0.277 e. The van der Waals surface area contributed by atoms with Crippen molar-refractivity contribution in [1.29, 1.82) is 0 Å². The van der Waals surface area contributed by atoms with Crippen molar-refractivity contribution < 1.29 is 18.0 Å². The zero-order valence-corrected chi connectivity index (χ0v) is 13.0. The maximum Gasteiger partial charge on any atom is 0.274 e. The van der Waals surface area contributed by atoms with Crippen molar-refractivity contribution in [3.63, 3.8) is 0 Å². The highest BCUT2D eigenvalue weighted by Gasteiger charge is 2.31. The Kier molecular flexibility index (Phi) is 4.97. The number of sulfonamides is 1. The summed E-state index contributed by atoms with van der Waals surface area (Å²) in [5.41, 5.74) is 2.43. The van der Waals surface area contributed by atoms with Gasteiger partial charge in [-0.15, -0.1) is 0 Å². The monoisotopic (exact) mass is 312 g/mol. The second kappa shape index (κ2) is 6.55. The quantitative estimate of drug-likeness (QED) is 0.856. The molecule has 7 heteroatoms. The molecule has 2 rings (SSSR count). The molecular weight excluding hydrogens is 292 g/mol. The summed E-state index contributed by atoms with van der Waals surface area (Å²) in [5.74, 6) is -0.471. The summed E-state index contributed by atoms with van der Waals surface area (Å²) in [6.45, 7) is 2.44. The number of amides is 1. The highest BCUT2D eigenvalue weighted by molar-refractivity contribution is 7.89. The second-order valence-corrected chi connectivity index (χ2v) is 7.01. The fourth-order valence-corrected chi connectivity index (χ4v) is 4.26. The molecule has 1 aromatic carbocycles. The number of carbonyl (C=O) groups is 1. The third-order valence-corrected chi connectivity index (χ3v) is 5.65. The van der Waals surface area contributed by atoms with Crippen LogP contribution in [0.3, 0.4) is 0 Å².